The zero-order valence-corrected chi connectivity index (χ0v) is 11.8. The van der Waals surface area contributed by atoms with Gasteiger partial charge in [0, 0.05) is 25.3 Å². The van der Waals surface area contributed by atoms with Crippen molar-refractivity contribution in [1.82, 2.24) is 10.0 Å². The van der Waals surface area contributed by atoms with Crippen molar-refractivity contribution in [3.63, 3.8) is 0 Å². The predicted molar refractivity (Wildman–Crippen MR) is 67.8 cm³/mol. The number of amides is 1. The summed E-state index contributed by atoms with van der Waals surface area (Å²) in [6, 6.07) is 0.571. The summed E-state index contributed by atoms with van der Waals surface area (Å²) in [6.45, 7) is 7.82. The summed E-state index contributed by atoms with van der Waals surface area (Å²) in [5, 5.41) is 4.68. The van der Waals surface area contributed by atoms with E-state index in [4.69, 9.17) is 4.79 Å². The van der Waals surface area contributed by atoms with Gasteiger partial charge >= 0.3 is 12.1 Å². The van der Waals surface area contributed by atoms with Gasteiger partial charge < -0.3 is 10.7 Å². The van der Waals surface area contributed by atoms with E-state index in [-0.39, 0.29) is 0 Å². The topological polar surface area (TPSA) is 49.6 Å². The first-order valence-corrected chi connectivity index (χ1v) is 6.16. The van der Waals surface area contributed by atoms with E-state index in [2.05, 4.69) is 49.6 Å². The molecule has 1 rings (SSSR count). The Hall–Kier alpha value is -1.24. The van der Waals surface area contributed by atoms with Gasteiger partial charge in [-0.25, -0.2) is 5.01 Å². The lowest BCUT2D eigenvalue weighted by molar-refractivity contribution is -0.169. The molecule has 0 saturated carbocycles. The number of carbonyl (C=O) groups is 1. The fourth-order valence-corrected chi connectivity index (χ4v) is 1.65. The number of halogens is 3. The van der Waals surface area contributed by atoms with Gasteiger partial charge in [-0.1, -0.05) is 13.3 Å². The smallest absolute Gasteiger partial charge is 0.362 e. The molecule has 1 heterocycles. The van der Waals surface area contributed by atoms with Crippen LogP contribution in [0.15, 0.2) is 11.8 Å². The van der Waals surface area contributed by atoms with Crippen molar-refractivity contribution in [3.05, 3.63) is 11.8 Å². The molecule has 0 radical (unpaired) electrons. The molecule has 1 atom stereocenters. The lowest BCUT2D eigenvalue weighted by Crippen LogP contribution is -2.38. The summed E-state index contributed by atoms with van der Waals surface area (Å²) >= 11 is 0. The second-order valence-electron chi connectivity index (χ2n) is 4.46. The summed E-state index contributed by atoms with van der Waals surface area (Å²) in [7, 11) is 2.16. The van der Waals surface area contributed by atoms with Crippen LogP contribution in [0.25, 0.3) is 0 Å². The van der Waals surface area contributed by atoms with Crippen molar-refractivity contribution in [2.75, 3.05) is 13.6 Å². The van der Waals surface area contributed by atoms with Crippen LogP contribution in [0.5, 0.6) is 0 Å². The van der Waals surface area contributed by atoms with Crippen LogP contribution in [0, 0.1) is 0 Å². The molecule has 0 aliphatic carbocycles. The van der Waals surface area contributed by atoms with E-state index in [0.717, 1.165) is 0 Å². The molecular formula is C12H22F3N3O. The fourth-order valence-electron chi connectivity index (χ4n) is 1.65. The van der Waals surface area contributed by atoms with Crippen molar-refractivity contribution in [2.45, 2.75) is 45.8 Å². The Morgan fingerprint density at radius 2 is 1.95 bits per heavy atom. The second-order valence-corrected chi connectivity index (χ2v) is 4.46. The lowest BCUT2D eigenvalue weighted by Gasteiger charge is -2.30. The number of nitrogens with two attached hydrogens (primary N) is 1. The summed E-state index contributed by atoms with van der Waals surface area (Å²) in [4.78, 5) is 9.12. The molecule has 112 valence electrons. The molecule has 7 heteroatoms. The van der Waals surface area contributed by atoms with Crippen LogP contribution in [0.3, 0.4) is 0 Å². The highest BCUT2D eigenvalue weighted by molar-refractivity contribution is 5.79. The number of hydrogen-bond acceptors (Lipinski definition) is 3. The first-order chi connectivity index (χ1) is 8.61. The highest BCUT2D eigenvalue weighted by Gasteiger charge is 2.35. The zero-order valence-electron chi connectivity index (χ0n) is 11.8. The summed E-state index contributed by atoms with van der Waals surface area (Å²) in [5.74, 6) is -2.26. The number of hydrazine groups is 1. The van der Waals surface area contributed by atoms with E-state index in [9.17, 15) is 13.2 Å². The first kappa shape index (κ1) is 17.8. The van der Waals surface area contributed by atoms with E-state index in [0.29, 0.717) is 6.04 Å². The molecule has 2 N–H and O–H groups in total. The van der Waals surface area contributed by atoms with Crippen molar-refractivity contribution in [3.8, 4) is 0 Å². The molecule has 0 saturated heterocycles. The molecule has 0 aromatic carbocycles. The molecule has 19 heavy (non-hydrogen) atoms. The zero-order chi connectivity index (χ0) is 15.2. The number of alkyl halides is 3. The molecule has 0 spiro atoms. The number of allylic oxidation sites excluding steroid dienone is 1. The lowest BCUT2D eigenvalue weighted by atomic mass is 10.3. The Labute approximate surface area is 112 Å². The van der Waals surface area contributed by atoms with Gasteiger partial charge in [-0.3, -0.25) is 4.79 Å². The van der Waals surface area contributed by atoms with Crippen LogP contribution < -0.4 is 5.73 Å². The molecule has 4 nitrogen and oxygen atoms in total. The third-order valence-electron chi connectivity index (χ3n) is 2.86. The average molecular weight is 281 g/mol. The SMILES string of the molecule is CCCCN1C(C)=CC(C)N1C.NC(=O)C(F)(F)F. The number of hydrogen-bond donors (Lipinski definition) is 1. The van der Waals surface area contributed by atoms with Gasteiger partial charge in [0.2, 0.25) is 0 Å². The average Bonchev–Trinajstić information content (AvgIpc) is 2.51. The van der Waals surface area contributed by atoms with Gasteiger partial charge in [0.15, 0.2) is 0 Å². The van der Waals surface area contributed by atoms with Crippen LogP contribution >= 0.6 is 0 Å². The molecular weight excluding hydrogens is 259 g/mol. The van der Waals surface area contributed by atoms with Crippen molar-refractivity contribution in [1.29, 1.82) is 0 Å². The van der Waals surface area contributed by atoms with Gasteiger partial charge in [0.25, 0.3) is 0 Å². The minimum Gasteiger partial charge on any atom is -0.362 e. The first-order valence-electron chi connectivity index (χ1n) is 6.16. The maximum Gasteiger partial charge on any atom is 0.470 e. The summed E-state index contributed by atoms with van der Waals surface area (Å²) in [6.07, 6.45) is 0.00387. The monoisotopic (exact) mass is 281 g/mol. The normalized spacial score (nSPS) is 19.8. The largest absolute Gasteiger partial charge is 0.470 e. The number of likely N-dealkylation sites (N-methyl/N-ethyl adjacent to an activating group) is 1. The Kier molecular flexibility index (Phi) is 6.89. The standard InChI is InChI=1S/C10H20N2.C2H2F3NO/c1-5-6-7-12-10(3)8-9(2)11(12)4;3-2(4,5)1(6)7/h8-9H,5-7H2,1-4H3;(H2,6,7). The maximum absolute atomic E-state index is 10.7. The fraction of sp³-hybridized carbons (Fsp3) is 0.750. The minimum absolute atomic E-state index is 0.571. The Bertz CT molecular complexity index is 329. The van der Waals surface area contributed by atoms with Crippen LogP contribution in [0.2, 0.25) is 0 Å². The predicted octanol–water partition coefficient (Wildman–Crippen LogP) is 2.28. The van der Waals surface area contributed by atoms with Crippen molar-refractivity contribution >= 4 is 5.91 Å². The highest BCUT2D eigenvalue weighted by atomic mass is 19.4. The van der Waals surface area contributed by atoms with E-state index < -0.39 is 12.1 Å². The second kappa shape index (κ2) is 7.37. The Morgan fingerprint density at radius 1 is 1.47 bits per heavy atom. The van der Waals surface area contributed by atoms with Crippen LogP contribution in [-0.2, 0) is 4.79 Å². The Balaban J connectivity index is 0.000000399. The Morgan fingerprint density at radius 3 is 2.21 bits per heavy atom. The van der Waals surface area contributed by atoms with Crippen LogP contribution in [-0.4, -0.2) is 41.7 Å². The molecule has 0 fully saturated rings. The molecule has 1 amide bonds. The van der Waals surface area contributed by atoms with Crippen LogP contribution in [0.1, 0.15) is 33.6 Å². The molecule has 0 aromatic heterocycles. The number of nitrogens with zero attached hydrogens (tertiary/aromatic N) is 2. The summed E-state index contributed by atoms with van der Waals surface area (Å²) in [5.41, 5.74) is 5.21. The molecule has 0 bridgehead atoms. The number of rotatable bonds is 3. The highest BCUT2D eigenvalue weighted by Crippen LogP contribution is 2.20. The molecule has 1 aliphatic heterocycles. The van der Waals surface area contributed by atoms with E-state index in [1.54, 1.807) is 0 Å². The van der Waals surface area contributed by atoms with Gasteiger partial charge in [-0.15, -0.1) is 0 Å². The van der Waals surface area contributed by atoms with Crippen molar-refractivity contribution in [2.24, 2.45) is 5.73 Å². The number of unbranched alkanes of at least 4 members (excludes halogenated alkanes) is 1. The van der Waals surface area contributed by atoms with Gasteiger partial charge in [-0.05, 0) is 26.3 Å². The van der Waals surface area contributed by atoms with E-state index >= 15 is 0 Å². The third kappa shape index (κ3) is 5.96. The van der Waals surface area contributed by atoms with Gasteiger partial charge in [0.05, 0.1) is 0 Å². The van der Waals surface area contributed by atoms with Gasteiger partial charge in [0.1, 0.15) is 0 Å². The molecule has 0 aromatic rings. The van der Waals surface area contributed by atoms with Crippen LogP contribution in [0.4, 0.5) is 13.2 Å². The maximum atomic E-state index is 10.7. The van der Waals surface area contributed by atoms with Crippen molar-refractivity contribution < 1.29 is 18.0 Å². The summed E-state index contributed by atoms with van der Waals surface area (Å²) < 4.78 is 32.1. The van der Waals surface area contributed by atoms with E-state index in [1.165, 1.54) is 25.1 Å². The minimum atomic E-state index is -4.86. The van der Waals surface area contributed by atoms with Gasteiger partial charge in [-0.2, -0.15) is 13.2 Å². The van der Waals surface area contributed by atoms with E-state index in [1.807, 2.05) is 0 Å². The number of primary amides is 1. The molecule has 1 unspecified atom stereocenters. The molecule has 1 aliphatic rings. The third-order valence-corrected chi connectivity index (χ3v) is 2.86. The number of carbonyl (C=O) groups excluding carboxylic acids is 1. The quantitative estimate of drug-likeness (QED) is 0.863.